The van der Waals surface area contributed by atoms with Crippen molar-refractivity contribution in [3.63, 3.8) is 0 Å². The van der Waals surface area contributed by atoms with Gasteiger partial charge in [0.05, 0.1) is 13.1 Å². The highest BCUT2D eigenvalue weighted by Gasteiger charge is 2.04. The lowest BCUT2D eigenvalue weighted by Gasteiger charge is -2.11. The Morgan fingerprint density at radius 1 is 0.458 bits per heavy atom. The van der Waals surface area contributed by atoms with Gasteiger partial charge in [0, 0.05) is 24.6 Å². The lowest BCUT2D eigenvalue weighted by Crippen LogP contribution is -2.22. The summed E-state index contributed by atoms with van der Waals surface area (Å²) in [7, 11) is 0. The monoisotopic (exact) mass is 703 g/mol. The zero-order chi connectivity index (χ0) is 34.6. The van der Waals surface area contributed by atoms with Gasteiger partial charge < -0.3 is 10.6 Å². The SMILES string of the molecule is CCCCCCCCCCCCNC(=NCc1cccc(CN=C(NCCCCCCCCCCCC)SCCCC)c1)SCCCC. The number of hydrogen-bond acceptors (Lipinski definition) is 4. The number of aliphatic imine (C=N–C) groups is 2. The molecule has 0 unspecified atom stereocenters. The Balaban J connectivity index is 2.50. The molecule has 0 saturated heterocycles. The molecule has 0 atom stereocenters. The van der Waals surface area contributed by atoms with Crippen molar-refractivity contribution in [3.05, 3.63) is 35.4 Å². The summed E-state index contributed by atoms with van der Waals surface area (Å²) in [5, 5.41) is 9.60. The first-order chi connectivity index (χ1) is 23.7. The molecule has 0 aliphatic rings. The largest absolute Gasteiger partial charge is 0.365 e. The van der Waals surface area contributed by atoms with Gasteiger partial charge in [0.25, 0.3) is 0 Å². The van der Waals surface area contributed by atoms with E-state index in [2.05, 4.69) is 62.6 Å². The van der Waals surface area contributed by atoms with Crippen molar-refractivity contribution >= 4 is 33.9 Å². The van der Waals surface area contributed by atoms with Gasteiger partial charge in [-0.3, -0.25) is 9.98 Å². The number of rotatable bonds is 32. The maximum absolute atomic E-state index is 5.04. The van der Waals surface area contributed by atoms with E-state index in [0.29, 0.717) is 0 Å². The van der Waals surface area contributed by atoms with E-state index in [1.54, 1.807) is 0 Å². The lowest BCUT2D eigenvalue weighted by atomic mass is 10.1. The van der Waals surface area contributed by atoms with Gasteiger partial charge in [-0.15, -0.1) is 0 Å². The van der Waals surface area contributed by atoms with Crippen LogP contribution in [0.2, 0.25) is 0 Å². The van der Waals surface area contributed by atoms with E-state index in [-0.39, 0.29) is 0 Å². The molecule has 278 valence electrons. The van der Waals surface area contributed by atoms with Crippen molar-refractivity contribution in [2.24, 2.45) is 9.98 Å². The number of hydrogen-bond donors (Lipinski definition) is 2. The first-order valence-electron chi connectivity index (χ1n) is 20.6. The van der Waals surface area contributed by atoms with Crippen LogP contribution in [0.1, 0.15) is 193 Å². The maximum Gasteiger partial charge on any atom is 0.156 e. The first-order valence-corrected chi connectivity index (χ1v) is 22.6. The van der Waals surface area contributed by atoms with Crippen molar-refractivity contribution in [2.45, 2.75) is 195 Å². The summed E-state index contributed by atoms with van der Waals surface area (Å²) in [6.07, 6.45) is 32.5. The number of thioether (sulfide) groups is 2. The van der Waals surface area contributed by atoms with E-state index < -0.39 is 0 Å². The second-order valence-corrected chi connectivity index (χ2v) is 15.9. The van der Waals surface area contributed by atoms with Crippen LogP contribution >= 0.6 is 23.5 Å². The molecule has 1 aromatic rings. The molecule has 0 saturated carbocycles. The second-order valence-electron chi connectivity index (χ2n) is 13.7. The highest BCUT2D eigenvalue weighted by molar-refractivity contribution is 8.14. The molecule has 0 radical (unpaired) electrons. The van der Waals surface area contributed by atoms with Crippen LogP contribution in [0.25, 0.3) is 0 Å². The van der Waals surface area contributed by atoms with Gasteiger partial charge in [0.2, 0.25) is 0 Å². The van der Waals surface area contributed by atoms with Gasteiger partial charge >= 0.3 is 0 Å². The second kappa shape index (κ2) is 35.7. The molecule has 1 aromatic carbocycles. The Morgan fingerprint density at radius 2 is 0.792 bits per heavy atom. The fraction of sp³-hybridized carbons (Fsp3) is 0.810. The van der Waals surface area contributed by atoms with Crippen molar-refractivity contribution in [1.82, 2.24) is 10.6 Å². The number of nitrogens with one attached hydrogen (secondary N) is 2. The molecular weight excluding hydrogens is 625 g/mol. The number of nitrogens with zero attached hydrogens (tertiary/aromatic N) is 2. The zero-order valence-corrected chi connectivity index (χ0v) is 33.9. The van der Waals surface area contributed by atoms with Crippen LogP contribution in [0.4, 0.5) is 0 Å². The van der Waals surface area contributed by atoms with Crippen LogP contribution in [0.5, 0.6) is 0 Å². The van der Waals surface area contributed by atoms with Crippen molar-refractivity contribution in [1.29, 1.82) is 0 Å². The minimum absolute atomic E-state index is 0.728. The molecule has 48 heavy (non-hydrogen) atoms. The molecule has 4 nitrogen and oxygen atoms in total. The summed E-state index contributed by atoms with van der Waals surface area (Å²) < 4.78 is 0. The molecule has 0 amide bonds. The molecule has 0 heterocycles. The molecule has 0 aromatic heterocycles. The minimum Gasteiger partial charge on any atom is -0.365 e. The van der Waals surface area contributed by atoms with Gasteiger partial charge in [-0.25, -0.2) is 0 Å². The quantitative estimate of drug-likeness (QED) is 0.0446. The molecule has 0 aliphatic heterocycles. The average Bonchev–Trinajstić information content (AvgIpc) is 3.10. The Labute approximate surface area is 308 Å². The normalized spacial score (nSPS) is 12.2. The summed E-state index contributed by atoms with van der Waals surface area (Å²) in [4.78, 5) is 10.1. The van der Waals surface area contributed by atoms with Crippen molar-refractivity contribution in [3.8, 4) is 0 Å². The predicted octanol–water partition coefficient (Wildman–Crippen LogP) is 13.5. The smallest absolute Gasteiger partial charge is 0.156 e. The Kier molecular flexibility index (Phi) is 33.4. The zero-order valence-electron chi connectivity index (χ0n) is 32.2. The van der Waals surface area contributed by atoms with E-state index in [9.17, 15) is 0 Å². The molecule has 2 N–H and O–H groups in total. The standard InChI is InChI=1S/C42H78N4S2/c1-5-9-13-15-17-19-21-23-25-27-32-43-41(47-34-11-7-3)45-37-39-30-29-31-40(36-39)38-46-42(48-35-12-8-4)44-33-28-26-24-22-20-18-16-14-10-6-2/h29-31,36H,5-28,32-35,37-38H2,1-4H3,(H,43,45)(H,44,46). The van der Waals surface area contributed by atoms with Crippen LogP contribution in [0.15, 0.2) is 34.3 Å². The van der Waals surface area contributed by atoms with E-state index in [0.717, 1.165) is 48.0 Å². The minimum atomic E-state index is 0.728. The molecular formula is C42H78N4S2. The third-order valence-electron chi connectivity index (χ3n) is 8.89. The van der Waals surface area contributed by atoms with Crippen LogP contribution < -0.4 is 10.6 Å². The summed E-state index contributed by atoms with van der Waals surface area (Å²) in [5.41, 5.74) is 2.55. The fourth-order valence-corrected chi connectivity index (χ4v) is 7.67. The van der Waals surface area contributed by atoms with Crippen molar-refractivity contribution < 1.29 is 0 Å². The maximum atomic E-state index is 5.04. The Morgan fingerprint density at radius 3 is 1.15 bits per heavy atom. The Bertz CT molecular complexity index is 821. The number of unbranched alkanes of at least 4 members (excludes halogenated alkanes) is 20. The fourth-order valence-electron chi connectivity index (χ4n) is 5.70. The average molecular weight is 703 g/mol. The van der Waals surface area contributed by atoms with E-state index in [4.69, 9.17) is 9.98 Å². The first kappa shape index (κ1) is 44.9. The molecule has 0 fully saturated rings. The van der Waals surface area contributed by atoms with Gasteiger partial charge in [0.15, 0.2) is 10.3 Å². The van der Waals surface area contributed by atoms with Gasteiger partial charge in [-0.1, -0.05) is 204 Å². The molecule has 0 spiro atoms. The van der Waals surface area contributed by atoms with Crippen LogP contribution in [-0.2, 0) is 13.1 Å². The number of amidine groups is 2. The molecule has 0 bridgehead atoms. The third-order valence-corrected chi connectivity index (χ3v) is 11.0. The topological polar surface area (TPSA) is 48.8 Å². The van der Waals surface area contributed by atoms with Crippen LogP contribution in [-0.4, -0.2) is 34.9 Å². The van der Waals surface area contributed by atoms with E-state index in [1.165, 1.54) is 165 Å². The predicted molar refractivity (Wildman–Crippen MR) is 223 cm³/mol. The molecule has 0 aliphatic carbocycles. The highest BCUT2D eigenvalue weighted by Crippen LogP contribution is 2.15. The highest BCUT2D eigenvalue weighted by atomic mass is 32.2. The molecule has 1 rings (SSSR count). The third kappa shape index (κ3) is 28.7. The summed E-state index contributed by atoms with van der Waals surface area (Å²) in [6.45, 7) is 12.7. The van der Waals surface area contributed by atoms with Gasteiger partial charge in [0.1, 0.15) is 0 Å². The van der Waals surface area contributed by atoms with E-state index >= 15 is 0 Å². The van der Waals surface area contributed by atoms with Gasteiger partial charge in [-0.2, -0.15) is 0 Å². The van der Waals surface area contributed by atoms with Gasteiger partial charge in [-0.05, 0) is 36.8 Å². The number of benzene rings is 1. The summed E-state index contributed by atoms with van der Waals surface area (Å²) >= 11 is 3.80. The summed E-state index contributed by atoms with van der Waals surface area (Å²) in [5.74, 6) is 2.28. The molecule has 6 heteroatoms. The van der Waals surface area contributed by atoms with Crippen LogP contribution in [0.3, 0.4) is 0 Å². The Hall–Kier alpha value is -1.14. The van der Waals surface area contributed by atoms with E-state index in [1.807, 2.05) is 23.5 Å². The lowest BCUT2D eigenvalue weighted by molar-refractivity contribution is 0.555. The summed E-state index contributed by atoms with van der Waals surface area (Å²) in [6, 6.07) is 8.92. The van der Waals surface area contributed by atoms with Crippen molar-refractivity contribution in [2.75, 3.05) is 24.6 Å². The van der Waals surface area contributed by atoms with Crippen LogP contribution in [0, 0.1) is 0 Å².